The van der Waals surface area contributed by atoms with Crippen LogP contribution in [-0.4, -0.2) is 36.9 Å². The van der Waals surface area contributed by atoms with Gasteiger partial charge in [0.2, 0.25) is 0 Å². The predicted octanol–water partition coefficient (Wildman–Crippen LogP) is 4.93. The molecule has 0 radical (unpaired) electrons. The van der Waals surface area contributed by atoms with Gasteiger partial charge in [-0.2, -0.15) is 0 Å². The number of hydrogen-bond donors (Lipinski definition) is 0. The molecule has 1 unspecified atom stereocenters. The Hall–Kier alpha value is -2.37. The van der Waals surface area contributed by atoms with Gasteiger partial charge in [-0.1, -0.05) is 80.3 Å². The lowest BCUT2D eigenvalue weighted by atomic mass is 9.85. The highest BCUT2D eigenvalue weighted by atomic mass is 16.7. The minimum absolute atomic E-state index is 0.0256. The molecule has 5 heteroatoms. The van der Waals surface area contributed by atoms with Crippen LogP contribution in [0.4, 0.5) is 0 Å². The molecule has 31 heavy (non-hydrogen) atoms. The van der Waals surface area contributed by atoms with Gasteiger partial charge < -0.3 is 14.0 Å². The molecule has 1 saturated heterocycles. The summed E-state index contributed by atoms with van der Waals surface area (Å²) in [6.07, 6.45) is 10.4. The predicted molar refractivity (Wildman–Crippen MR) is 129 cm³/mol. The van der Waals surface area contributed by atoms with Crippen LogP contribution in [-0.2, 0) is 16.0 Å². The van der Waals surface area contributed by atoms with E-state index in [2.05, 4.69) is 85.0 Å². The largest absolute Gasteiger partial charge is 0.350 e. The molecule has 0 N–H and O–H groups in total. The summed E-state index contributed by atoms with van der Waals surface area (Å²) in [5, 5.41) is 0. The number of ether oxygens (including phenoxy) is 2. The zero-order valence-electron chi connectivity index (χ0n) is 18.9. The lowest BCUT2D eigenvalue weighted by Crippen LogP contribution is -2.25. The highest BCUT2D eigenvalue weighted by Gasteiger charge is 2.25. The molecule has 1 atom stereocenters. The fraction of sp³-hybridized carbons (Fsp3) is 0.423. The molecule has 164 valence electrons. The molecule has 0 aliphatic carbocycles. The first kappa shape index (κ1) is 23.3. The quantitative estimate of drug-likeness (QED) is 0.462. The van der Waals surface area contributed by atoms with E-state index in [9.17, 15) is 0 Å². The Morgan fingerprint density at radius 3 is 2.10 bits per heavy atom. The van der Waals surface area contributed by atoms with Crippen LogP contribution in [0.15, 0.2) is 79.4 Å². The first-order valence-electron chi connectivity index (χ1n) is 11.6. The summed E-state index contributed by atoms with van der Waals surface area (Å²) in [4.78, 5) is 4.02. The second-order valence-corrected chi connectivity index (χ2v) is 8.05. The Balaban J connectivity index is 0.000000179. The summed E-state index contributed by atoms with van der Waals surface area (Å²) in [6.45, 7) is 4.53. The summed E-state index contributed by atoms with van der Waals surface area (Å²) in [7, 11) is 2.26. The number of rotatable bonds is 9. The third kappa shape index (κ3) is 7.37. The van der Waals surface area contributed by atoms with Crippen LogP contribution in [0.2, 0.25) is 6.32 Å². The van der Waals surface area contributed by atoms with Gasteiger partial charge in [0.25, 0.3) is 0 Å². The zero-order chi connectivity index (χ0) is 21.7. The first-order valence-corrected chi connectivity index (χ1v) is 11.6. The number of benzene rings is 2. The fourth-order valence-corrected chi connectivity index (χ4v) is 4.03. The van der Waals surface area contributed by atoms with Gasteiger partial charge in [0, 0.05) is 30.8 Å². The average Bonchev–Trinajstić information content (AvgIpc) is 3.54. The summed E-state index contributed by atoms with van der Waals surface area (Å²) in [5.41, 5.74) is 2.87. The van der Waals surface area contributed by atoms with Gasteiger partial charge in [0.1, 0.15) is 7.85 Å². The molecule has 1 aliphatic heterocycles. The maximum atomic E-state index is 5.50. The second kappa shape index (κ2) is 13.1. The van der Waals surface area contributed by atoms with E-state index < -0.39 is 0 Å². The molecule has 1 aromatic heterocycles. The molecule has 0 amide bonds. The Kier molecular flexibility index (Phi) is 9.87. The Morgan fingerprint density at radius 2 is 1.61 bits per heavy atom. The lowest BCUT2D eigenvalue weighted by Gasteiger charge is -2.20. The normalized spacial score (nSPS) is 14.9. The zero-order valence-corrected chi connectivity index (χ0v) is 18.9. The molecule has 1 aliphatic rings. The molecule has 4 nitrogen and oxygen atoms in total. The van der Waals surface area contributed by atoms with Crippen molar-refractivity contribution in [2.45, 2.75) is 51.3 Å². The van der Waals surface area contributed by atoms with Crippen LogP contribution in [0.3, 0.4) is 0 Å². The fourth-order valence-electron chi connectivity index (χ4n) is 4.03. The number of nitrogens with zero attached hydrogens (tertiary/aromatic N) is 2. The van der Waals surface area contributed by atoms with Gasteiger partial charge >= 0.3 is 0 Å². The van der Waals surface area contributed by atoms with Crippen molar-refractivity contribution in [1.82, 2.24) is 9.55 Å². The minimum atomic E-state index is -0.0256. The summed E-state index contributed by atoms with van der Waals surface area (Å²) in [6, 6.07) is 21.7. The maximum Gasteiger partial charge on any atom is 0.162 e. The molecule has 0 saturated carbocycles. The second-order valence-electron chi connectivity index (χ2n) is 8.05. The topological polar surface area (TPSA) is 36.3 Å². The third-order valence-electron chi connectivity index (χ3n) is 5.81. The van der Waals surface area contributed by atoms with Crippen molar-refractivity contribution in [3.05, 3.63) is 90.5 Å². The molecule has 1 fully saturated rings. The van der Waals surface area contributed by atoms with Gasteiger partial charge in [-0.15, -0.1) is 0 Å². The van der Waals surface area contributed by atoms with Gasteiger partial charge in [0.05, 0.1) is 19.5 Å². The van der Waals surface area contributed by atoms with Gasteiger partial charge in [-0.3, -0.25) is 0 Å². The van der Waals surface area contributed by atoms with Crippen LogP contribution < -0.4 is 0 Å². The average molecular weight is 418 g/mol. The van der Waals surface area contributed by atoms with Crippen molar-refractivity contribution in [2.75, 3.05) is 13.2 Å². The molecule has 4 rings (SSSR count). The molecular formula is C26H35BN2O2. The van der Waals surface area contributed by atoms with Gasteiger partial charge in [0.15, 0.2) is 6.29 Å². The maximum absolute atomic E-state index is 5.50. The molecular weight excluding hydrogens is 383 g/mol. The summed E-state index contributed by atoms with van der Waals surface area (Å²) >= 11 is 0. The summed E-state index contributed by atoms with van der Waals surface area (Å²) in [5.74, 6) is 0.976. The van der Waals surface area contributed by atoms with Crippen LogP contribution in [0, 0.1) is 5.92 Å². The molecule has 2 aromatic carbocycles. The van der Waals surface area contributed by atoms with E-state index >= 15 is 0 Å². The van der Waals surface area contributed by atoms with Crippen molar-refractivity contribution in [3.63, 3.8) is 0 Å². The molecule has 3 aromatic rings. The van der Waals surface area contributed by atoms with Crippen molar-refractivity contribution in [2.24, 2.45) is 5.92 Å². The standard InChI is InChI=1S/C16H19B.C10H16N2O2/c17-13-7-12-16(14-8-3-1-4-9-14)15-10-5-2-6-11-15;1-2-9(10-13-5-6-14-10)7-12-4-3-11-8-12/h1-6,8-11,16H,7,12-13,17H2;3-4,8-10H,2,5-7H2,1H3. The smallest absolute Gasteiger partial charge is 0.162 e. The highest BCUT2D eigenvalue weighted by molar-refractivity contribution is 6.08. The minimum Gasteiger partial charge on any atom is -0.350 e. The highest BCUT2D eigenvalue weighted by Crippen LogP contribution is 2.29. The van der Waals surface area contributed by atoms with Gasteiger partial charge in [-0.05, 0) is 24.0 Å². The van der Waals surface area contributed by atoms with Crippen molar-refractivity contribution in [3.8, 4) is 0 Å². The Labute approximate surface area is 188 Å². The van der Waals surface area contributed by atoms with E-state index in [1.807, 2.05) is 12.5 Å². The number of imidazole rings is 1. The lowest BCUT2D eigenvalue weighted by molar-refractivity contribution is -0.0884. The SMILES string of the molecule is BCCCC(c1ccccc1)c1ccccc1.CCC(Cn1ccnc1)C1OCCO1. The Morgan fingerprint density at radius 1 is 1.00 bits per heavy atom. The molecule has 0 spiro atoms. The van der Waals surface area contributed by atoms with Crippen LogP contribution in [0.5, 0.6) is 0 Å². The Bertz CT molecular complexity index is 782. The van der Waals surface area contributed by atoms with E-state index in [0.29, 0.717) is 11.8 Å². The third-order valence-corrected chi connectivity index (χ3v) is 5.81. The van der Waals surface area contributed by atoms with E-state index in [1.54, 1.807) is 6.20 Å². The van der Waals surface area contributed by atoms with Crippen molar-refractivity contribution < 1.29 is 9.47 Å². The summed E-state index contributed by atoms with van der Waals surface area (Å²) < 4.78 is 13.1. The molecule has 2 heterocycles. The van der Waals surface area contributed by atoms with Crippen LogP contribution in [0.1, 0.15) is 43.2 Å². The number of aromatic nitrogens is 2. The monoisotopic (exact) mass is 418 g/mol. The van der Waals surface area contributed by atoms with Crippen LogP contribution >= 0.6 is 0 Å². The van der Waals surface area contributed by atoms with E-state index in [0.717, 1.165) is 26.2 Å². The van der Waals surface area contributed by atoms with E-state index in [1.165, 1.54) is 30.3 Å². The van der Waals surface area contributed by atoms with Crippen molar-refractivity contribution in [1.29, 1.82) is 0 Å². The number of hydrogen-bond acceptors (Lipinski definition) is 3. The van der Waals surface area contributed by atoms with E-state index in [-0.39, 0.29) is 6.29 Å². The first-order chi connectivity index (χ1) is 15.3. The van der Waals surface area contributed by atoms with E-state index in [4.69, 9.17) is 9.47 Å². The van der Waals surface area contributed by atoms with Crippen LogP contribution in [0.25, 0.3) is 0 Å². The van der Waals surface area contributed by atoms with Crippen molar-refractivity contribution >= 4 is 7.85 Å². The molecule has 0 bridgehead atoms. The van der Waals surface area contributed by atoms with Gasteiger partial charge in [-0.25, -0.2) is 4.98 Å².